The van der Waals surface area contributed by atoms with Crippen LogP contribution in [0.25, 0.3) is 0 Å². The highest BCUT2D eigenvalue weighted by Gasteiger charge is 1.73. The molecule has 0 unspecified atom stereocenters. The topological polar surface area (TPSA) is 12.9 Å². The summed E-state index contributed by atoms with van der Waals surface area (Å²) in [6.45, 7) is 1.97. The van der Waals surface area contributed by atoms with E-state index in [4.69, 9.17) is 0 Å². The summed E-state index contributed by atoms with van der Waals surface area (Å²) in [4.78, 5) is 3.98. The lowest BCUT2D eigenvalue weighted by molar-refractivity contribution is 1.20. The van der Waals surface area contributed by atoms with Crippen molar-refractivity contribution in [2.24, 2.45) is 0 Å². The van der Waals surface area contributed by atoms with Crippen molar-refractivity contribution >= 4 is 102 Å². The highest BCUT2D eigenvalue weighted by molar-refractivity contribution is 8.93. The van der Waals surface area contributed by atoms with Crippen LogP contribution in [0.5, 0.6) is 0 Å². The standard InChI is InChI=1S/C6H7N.6BrH/c1-6-4-2-3-5-7-6;;;;;;/h2-5H,1H3;6*1H. The molecule has 0 aromatic carbocycles. The zero-order valence-electron chi connectivity index (χ0n) is 6.71. The lowest BCUT2D eigenvalue weighted by Gasteiger charge is -1.82. The van der Waals surface area contributed by atoms with Crippen LogP contribution in [0.4, 0.5) is 0 Å². The maximum Gasteiger partial charge on any atom is 0.0372 e. The summed E-state index contributed by atoms with van der Waals surface area (Å²) < 4.78 is 0. The van der Waals surface area contributed by atoms with Crippen molar-refractivity contribution in [1.82, 2.24) is 4.98 Å². The van der Waals surface area contributed by atoms with E-state index in [0.29, 0.717) is 0 Å². The Labute approximate surface area is 142 Å². The van der Waals surface area contributed by atoms with Crippen LogP contribution in [0.1, 0.15) is 5.69 Å². The molecular formula is C6H13Br6N. The number of hydrogen-bond donors (Lipinski definition) is 0. The van der Waals surface area contributed by atoms with Crippen LogP contribution in [0.3, 0.4) is 0 Å². The predicted molar refractivity (Wildman–Crippen MR) is 90.9 cm³/mol. The van der Waals surface area contributed by atoms with Crippen molar-refractivity contribution in [2.45, 2.75) is 6.92 Å². The Hall–Kier alpha value is 2.03. The first-order chi connectivity index (χ1) is 3.39. The molecule has 13 heavy (non-hydrogen) atoms. The maximum absolute atomic E-state index is 3.98. The van der Waals surface area contributed by atoms with E-state index < -0.39 is 0 Å². The van der Waals surface area contributed by atoms with Gasteiger partial charge in [0.1, 0.15) is 0 Å². The minimum absolute atomic E-state index is 0. The molecule has 0 radical (unpaired) electrons. The van der Waals surface area contributed by atoms with Gasteiger partial charge in [-0.05, 0) is 19.1 Å². The molecule has 1 aromatic heterocycles. The van der Waals surface area contributed by atoms with E-state index in [9.17, 15) is 0 Å². The molecule has 0 aliphatic heterocycles. The van der Waals surface area contributed by atoms with Crippen molar-refractivity contribution in [1.29, 1.82) is 0 Å². The van der Waals surface area contributed by atoms with E-state index in [1.807, 2.05) is 25.1 Å². The molecule has 0 saturated carbocycles. The van der Waals surface area contributed by atoms with Gasteiger partial charge in [-0.25, -0.2) is 0 Å². The molecule has 1 aromatic rings. The Bertz CT molecular complexity index is 147. The quantitative estimate of drug-likeness (QED) is 0.429. The number of pyridine rings is 1. The molecule has 7 heteroatoms. The summed E-state index contributed by atoms with van der Waals surface area (Å²) in [7, 11) is 0. The van der Waals surface area contributed by atoms with Gasteiger partial charge in [0.15, 0.2) is 0 Å². The zero-order valence-corrected chi connectivity index (χ0v) is 17.0. The number of nitrogens with zero attached hydrogens (tertiary/aromatic N) is 1. The van der Waals surface area contributed by atoms with Crippen LogP contribution in [-0.2, 0) is 0 Å². The summed E-state index contributed by atoms with van der Waals surface area (Å²) in [6, 6.07) is 5.86. The second-order valence-corrected chi connectivity index (χ2v) is 1.47. The van der Waals surface area contributed by atoms with E-state index in [1.165, 1.54) is 0 Å². The van der Waals surface area contributed by atoms with E-state index in [-0.39, 0.29) is 102 Å². The first-order valence-corrected chi connectivity index (χ1v) is 2.27. The van der Waals surface area contributed by atoms with Gasteiger partial charge in [0.25, 0.3) is 0 Å². The Morgan fingerprint density at radius 2 is 1.31 bits per heavy atom. The Balaban J connectivity index is -0.0000000204. The average Bonchev–Trinajstić information content (AvgIpc) is 1.69. The monoisotopic (exact) mass is 573 g/mol. The third kappa shape index (κ3) is 20.2. The number of halogens is 6. The van der Waals surface area contributed by atoms with Crippen LogP contribution >= 0.6 is 102 Å². The fourth-order valence-electron chi connectivity index (χ4n) is 0.448. The van der Waals surface area contributed by atoms with Crippen molar-refractivity contribution in [2.75, 3.05) is 0 Å². The Morgan fingerprint density at radius 1 is 0.846 bits per heavy atom. The molecule has 1 nitrogen and oxygen atoms in total. The van der Waals surface area contributed by atoms with Gasteiger partial charge in [0.2, 0.25) is 0 Å². The number of rotatable bonds is 0. The first-order valence-electron chi connectivity index (χ1n) is 2.27. The molecule has 0 spiro atoms. The maximum atomic E-state index is 3.98. The molecular weight excluding hydrogens is 565 g/mol. The summed E-state index contributed by atoms with van der Waals surface area (Å²) >= 11 is 0. The highest BCUT2D eigenvalue weighted by Crippen LogP contribution is 1.85. The van der Waals surface area contributed by atoms with Gasteiger partial charge < -0.3 is 0 Å². The fourth-order valence-corrected chi connectivity index (χ4v) is 0.448. The van der Waals surface area contributed by atoms with Gasteiger partial charge in [-0.2, -0.15) is 0 Å². The second kappa shape index (κ2) is 23.7. The number of aryl methyl sites for hydroxylation is 1. The van der Waals surface area contributed by atoms with Gasteiger partial charge in [0.05, 0.1) is 0 Å². The van der Waals surface area contributed by atoms with Gasteiger partial charge >= 0.3 is 0 Å². The first kappa shape index (κ1) is 36.3. The van der Waals surface area contributed by atoms with E-state index in [1.54, 1.807) is 6.20 Å². The normalized spacial score (nSPS) is 4.69. The minimum atomic E-state index is 0. The van der Waals surface area contributed by atoms with Gasteiger partial charge in [0, 0.05) is 11.9 Å². The molecule has 0 N–H and O–H groups in total. The summed E-state index contributed by atoms with van der Waals surface area (Å²) in [5.41, 5.74) is 1.07. The van der Waals surface area contributed by atoms with Crippen molar-refractivity contribution in [3.05, 3.63) is 30.1 Å². The largest absolute Gasteiger partial charge is 0.262 e. The smallest absolute Gasteiger partial charge is 0.0372 e. The molecule has 1 rings (SSSR count). The van der Waals surface area contributed by atoms with Crippen LogP contribution < -0.4 is 0 Å². The van der Waals surface area contributed by atoms with Crippen LogP contribution in [0.15, 0.2) is 24.4 Å². The molecule has 0 aliphatic carbocycles. The van der Waals surface area contributed by atoms with Crippen LogP contribution in [-0.4, -0.2) is 4.98 Å². The number of aromatic nitrogens is 1. The van der Waals surface area contributed by atoms with Crippen LogP contribution in [0.2, 0.25) is 0 Å². The van der Waals surface area contributed by atoms with Crippen molar-refractivity contribution in [3.63, 3.8) is 0 Å². The molecule has 0 aliphatic rings. The number of hydrogen-bond acceptors (Lipinski definition) is 1. The summed E-state index contributed by atoms with van der Waals surface area (Å²) in [6.07, 6.45) is 1.79. The third-order valence-corrected chi connectivity index (χ3v) is 0.813. The third-order valence-electron chi connectivity index (χ3n) is 0.813. The van der Waals surface area contributed by atoms with Gasteiger partial charge in [-0.15, -0.1) is 102 Å². The summed E-state index contributed by atoms with van der Waals surface area (Å²) in [5.74, 6) is 0. The van der Waals surface area contributed by atoms with Crippen molar-refractivity contribution in [3.8, 4) is 0 Å². The highest BCUT2D eigenvalue weighted by atomic mass is 79.9. The average molecular weight is 579 g/mol. The Kier molecular flexibility index (Phi) is 66.1. The lowest BCUT2D eigenvalue weighted by atomic mass is 10.4. The van der Waals surface area contributed by atoms with E-state index in [0.717, 1.165) is 5.69 Å². The molecule has 0 saturated heterocycles. The molecule has 0 amide bonds. The summed E-state index contributed by atoms with van der Waals surface area (Å²) in [5, 5.41) is 0. The van der Waals surface area contributed by atoms with E-state index >= 15 is 0 Å². The predicted octanol–water partition coefficient (Wildman–Crippen LogP) is 4.86. The molecule has 1 heterocycles. The second-order valence-electron chi connectivity index (χ2n) is 1.47. The zero-order chi connectivity index (χ0) is 5.11. The van der Waals surface area contributed by atoms with Gasteiger partial charge in [-0.3, -0.25) is 4.98 Å². The fraction of sp³-hybridized carbons (Fsp3) is 0.167. The SMILES string of the molecule is Br.Br.Br.Br.Br.Br.Cc1ccccn1. The molecule has 0 bridgehead atoms. The van der Waals surface area contributed by atoms with E-state index in [2.05, 4.69) is 4.98 Å². The lowest BCUT2D eigenvalue weighted by Crippen LogP contribution is -1.72. The van der Waals surface area contributed by atoms with Crippen molar-refractivity contribution < 1.29 is 0 Å². The minimum Gasteiger partial charge on any atom is -0.262 e. The molecule has 84 valence electrons. The Morgan fingerprint density at radius 3 is 1.46 bits per heavy atom. The van der Waals surface area contributed by atoms with Gasteiger partial charge in [-0.1, -0.05) is 6.07 Å². The molecule has 0 fully saturated rings. The van der Waals surface area contributed by atoms with Crippen LogP contribution in [0, 0.1) is 6.92 Å². The molecule has 0 atom stereocenters.